The molecule has 0 aromatic heterocycles. The molecule has 0 spiro atoms. The highest BCUT2D eigenvalue weighted by Crippen LogP contribution is 2.29. The van der Waals surface area contributed by atoms with Crippen LogP contribution in [-0.2, 0) is 16.1 Å². The van der Waals surface area contributed by atoms with E-state index in [0.29, 0.717) is 18.4 Å². The van der Waals surface area contributed by atoms with Gasteiger partial charge in [0.15, 0.2) is 0 Å². The van der Waals surface area contributed by atoms with Crippen molar-refractivity contribution in [3.05, 3.63) is 48.0 Å². The first kappa shape index (κ1) is 24.8. The second-order valence-corrected chi connectivity index (χ2v) is 9.77. The van der Waals surface area contributed by atoms with Crippen molar-refractivity contribution in [1.82, 2.24) is 15.5 Å². The number of carbonyl (C=O) groups is 2. The fourth-order valence-corrected chi connectivity index (χ4v) is 4.92. The topological polar surface area (TPSA) is 70.7 Å². The zero-order valence-electron chi connectivity index (χ0n) is 19.2. The minimum Gasteiger partial charge on any atom is -0.379 e. The van der Waals surface area contributed by atoms with Gasteiger partial charge in [0.25, 0.3) is 5.91 Å². The molecule has 1 saturated carbocycles. The molecule has 0 radical (unpaired) electrons. The summed E-state index contributed by atoms with van der Waals surface area (Å²) >= 11 is 1.75. The number of nitrogens with zero attached hydrogens (tertiary/aromatic N) is 1. The van der Waals surface area contributed by atoms with Crippen LogP contribution in [0.25, 0.3) is 0 Å². The molecule has 1 saturated heterocycles. The lowest BCUT2D eigenvalue weighted by Gasteiger charge is -2.37. The van der Waals surface area contributed by atoms with Crippen LogP contribution in [0.3, 0.4) is 0 Å². The van der Waals surface area contributed by atoms with Gasteiger partial charge in [-0.2, -0.15) is 11.8 Å². The first-order valence-electron chi connectivity index (χ1n) is 11.7. The Morgan fingerprint density at radius 1 is 1.19 bits per heavy atom. The Bertz CT molecular complexity index is 756. The quantitative estimate of drug-likeness (QED) is 0.525. The summed E-state index contributed by atoms with van der Waals surface area (Å²) in [5.41, 5.74) is 0.926. The summed E-state index contributed by atoms with van der Waals surface area (Å²) < 4.78 is 5.41. The number of carbonyl (C=O) groups excluding carboxylic acids is 2. The Morgan fingerprint density at radius 3 is 2.50 bits per heavy atom. The Hall–Kier alpha value is -1.83. The summed E-state index contributed by atoms with van der Waals surface area (Å²) in [7, 11) is 0. The first-order valence-corrected chi connectivity index (χ1v) is 13.1. The van der Waals surface area contributed by atoms with Crippen molar-refractivity contribution in [2.75, 3.05) is 38.3 Å². The maximum atomic E-state index is 13.3. The van der Waals surface area contributed by atoms with Crippen LogP contribution in [0.4, 0.5) is 0 Å². The van der Waals surface area contributed by atoms with Gasteiger partial charge in [-0.1, -0.05) is 37.5 Å². The molecule has 176 valence electrons. The lowest BCUT2D eigenvalue weighted by atomic mass is 9.80. The molecule has 1 aliphatic heterocycles. The van der Waals surface area contributed by atoms with Gasteiger partial charge >= 0.3 is 0 Å². The maximum absolute atomic E-state index is 13.3. The molecule has 0 unspecified atom stereocenters. The second kappa shape index (κ2) is 12.4. The number of thioether (sulfide) groups is 1. The monoisotopic (exact) mass is 459 g/mol. The van der Waals surface area contributed by atoms with Gasteiger partial charge in [-0.15, -0.1) is 6.58 Å². The second-order valence-electron chi connectivity index (χ2n) is 8.78. The summed E-state index contributed by atoms with van der Waals surface area (Å²) in [4.78, 5) is 28.8. The summed E-state index contributed by atoms with van der Waals surface area (Å²) in [6, 6.07) is 7.67. The first-order chi connectivity index (χ1) is 15.6. The van der Waals surface area contributed by atoms with Crippen LogP contribution in [0.1, 0.15) is 54.4 Å². The van der Waals surface area contributed by atoms with Crippen molar-refractivity contribution >= 4 is 23.6 Å². The minimum absolute atomic E-state index is 0.0786. The van der Waals surface area contributed by atoms with Gasteiger partial charge in [0.1, 0.15) is 5.54 Å². The predicted molar refractivity (Wildman–Crippen MR) is 131 cm³/mol. The van der Waals surface area contributed by atoms with E-state index >= 15 is 0 Å². The van der Waals surface area contributed by atoms with Crippen LogP contribution in [0, 0.1) is 0 Å². The zero-order chi connectivity index (χ0) is 22.8. The Labute approximate surface area is 196 Å². The molecule has 7 heteroatoms. The van der Waals surface area contributed by atoms with Crippen LogP contribution >= 0.6 is 11.8 Å². The van der Waals surface area contributed by atoms with Crippen molar-refractivity contribution in [1.29, 1.82) is 0 Å². The van der Waals surface area contributed by atoms with Crippen molar-refractivity contribution in [3.63, 3.8) is 0 Å². The highest BCUT2D eigenvalue weighted by atomic mass is 32.2. The molecule has 32 heavy (non-hydrogen) atoms. The standard InChI is InChI=1S/C25H37N3O3S/c1-3-22(11-18-32-2)26-24(30)25(12-5-4-6-13-25)27-23(29)21-9-7-20(8-10-21)19-28-14-16-31-17-15-28/h3,7-10,22H,1,4-6,11-19H2,2H3,(H,26,30)(H,27,29)/t22-/m1/s1. The predicted octanol–water partition coefficient (Wildman–Crippen LogP) is 3.38. The van der Waals surface area contributed by atoms with Gasteiger partial charge in [0.2, 0.25) is 5.91 Å². The largest absolute Gasteiger partial charge is 0.379 e. The third-order valence-electron chi connectivity index (χ3n) is 6.45. The van der Waals surface area contributed by atoms with Gasteiger partial charge in [-0.25, -0.2) is 0 Å². The Kier molecular flexibility index (Phi) is 9.63. The van der Waals surface area contributed by atoms with Crippen LogP contribution in [0.5, 0.6) is 0 Å². The number of hydrogen-bond donors (Lipinski definition) is 2. The van der Waals surface area contributed by atoms with E-state index in [4.69, 9.17) is 4.74 Å². The summed E-state index contributed by atoms with van der Waals surface area (Å²) in [5, 5.41) is 6.24. The van der Waals surface area contributed by atoms with E-state index in [1.54, 1.807) is 17.8 Å². The van der Waals surface area contributed by atoms with E-state index in [9.17, 15) is 9.59 Å². The number of rotatable bonds is 10. The molecule has 2 amide bonds. The fourth-order valence-electron chi connectivity index (χ4n) is 4.43. The molecule has 2 N–H and O–H groups in total. The molecule has 1 aromatic carbocycles. The molecular weight excluding hydrogens is 422 g/mol. The van der Waals surface area contributed by atoms with E-state index in [0.717, 1.165) is 64.3 Å². The molecule has 3 rings (SSSR count). The van der Waals surface area contributed by atoms with Crippen LogP contribution < -0.4 is 10.6 Å². The van der Waals surface area contributed by atoms with Crippen molar-refractivity contribution in [2.45, 2.75) is 56.7 Å². The van der Waals surface area contributed by atoms with Crippen LogP contribution in [-0.4, -0.2) is 66.6 Å². The number of morpholine rings is 1. The minimum atomic E-state index is -0.845. The van der Waals surface area contributed by atoms with Gasteiger partial charge < -0.3 is 15.4 Å². The van der Waals surface area contributed by atoms with E-state index in [1.165, 1.54) is 5.56 Å². The Balaban J connectivity index is 1.64. The third kappa shape index (κ3) is 6.83. The molecule has 6 nitrogen and oxygen atoms in total. The molecule has 0 bridgehead atoms. The molecule has 1 atom stereocenters. The van der Waals surface area contributed by atoms with Crippen LogP contribution in [0.15, 0.2) is 36.9 Å². The summed E-state index contributed by atoms with van der Waals surface area (Å²) in [5.74, 6) is 0.687. The zero-order valence-corrected chi connectivity index (χ0v) is 20.1. The number of hydrogen-bond acceptors (Lipinski definition) is 5. The van der Waals surface area contributed by atoms with Gasteiger partial charge in [0, 0.05) is 31.2 Å². The number of benzene rings is 1. The molecule has 1 heterocycles. The average Bonchev–Trinajstić information content (AvgIpc) is 2.83. The molecular formula is C25H37N3O3S. The van der Waals surface area contributed by atoms with E-state index in [1.807, 2.05) is 24.3 Å². The van der Waals surface area contributed by atoms with Gasteiger partial charge in [0.05, 0.1) is 13.2 Å². The van der Waals surface area contributed by atoms with Gasteiger partial charge in [-0.3, -0.25) is 14.5 Å². The third-order valence-corrected chi connectivity index (χ3v) is 7.10. The number of amides is 2. The molecule has 2 aliphatic rings. The number of ether oxygens (including phenoxy) is 1. The van der Waals surface area contributed by atoms with Crippen molar-refractivity contribution in [2.24, 2.45) is 0 Å². The van der Waals surface area contributed by atoms with E-state index in [2.05, 4.69) is 28.4 Å². The number of nitrogens with one attached hydrogen (secondary N) is 2. The normalized spacial score (nSPS) is 19.7. The fraction of sp³-hybridized carbons (Fsp3) is 0.600. The van der Waals surface area contributed by atoms with Crippen molar-refractivity contribution < 1.29 is 14.3 Å². The molecule has 1 aliphatic carbocycles. The molecule has 2 fully saturated rings. The summed E-state index contributed by atoms with van der Waals surface area (Å²) in [6.45, 7) is 8.14. The highest BCUT2D eigenvalue weighted by molar-refractivity contribution is 7.98. The lowest BCUT2D eigenvalue weighted by Crippen LogP contribution is -2.61. The highest BCUT2D eigenvalue weighted by Gasteiger charge is 2.41. The summed E-state index contributed by atoms with van der Waals surface area (Å²) in [6.07, 6.45) is 9.00. The van der Waals surface area contributed by atoms with E-state index in [-0.39, 0.29) is 17.9 Å². The smallest absolute Gasteiger partial charge is 0.252 e. The maximum Gasteiger partial charge on any atom is 0.252 e. The average molecular weight is 460 g/mol. The SMILES string of the molecule is C=C[C@H](CCSC)NC(=O)C1(NC(=O)c2ccc(CN3CCOCC3)cc2)CCCCC1. The Morgan fingerprint density at radius 2 is 1.88 bits per heavy atom. The lowest BCUT2D eigenvalue weighted by molar-refractivity contribution is -0.129. The molecule has 1 aromatic rings. The van der Waals surface area contributed by atoms with E-state index < -0.39 is 5.54 Å². The van der Waals surface area contributed by atoms with Crippen molar-refractivity contribution in [3.8, 4) is 0 Å². The van der Waals surface area contributed by atoms with Gasteiger partial charge in [-0.05, 0) is 49.0 Å². The van der Waals surface area contributed by atoms with Crippen LogP contribution in [0.2, 0.25) is 0 Å².